The third-order valence-corrected chi connectivity index (χ3v) is 6.57. The van der Waals surface area contributed by atoms with E-state index in [1.165, 1.54) is 38.2 Å². The number of rotatable bonds is 4. The van der Waals surface area contributed by atoms with Gasteiger partial charge in [-0.1, -0.05) is 18.2 Å². The first-order valence-electron chi connectivity index (χ1n) is 9.58. The summed E-state index contributed by atoms with van der Waals surface area (Å²) in [6.07, 6.45) is 14.6. The van der Waals surface area contributed by atoms with Crippen LogP contribution in [0.1, 0.15) is 32.1 Å². The smallest absolute Gasteiger partial charge is 0.194 e. The van der Waals surface area contributed by atoms with E-state index in [9.17, 15) is 4.79 Å². The number of fused-ring (bicyclic) bond motifs is 2. The van der Waals surface area contributed by atoms with Crippen LogP contribution in [0.15, 0.2) is 47.0 Å². The van der Waals surface area contributed by atoms with Gasteiger partial charge in [0.2, 0.25) is 0 Å². The van der Waals surface area contributed by atoms with E-state index in [1.807, 2.05) is 0 Å². The van der Waals surface area contributed by atoms with Crippen LogP contribution in [-0.4, -0.2) is 47.1 Å². The van der Waals surface area contributed by atoms with Crippen molar-refractivity contribution in [3.05, 3.63) is 47.4 Å². The van der Waals surface area contributed by atoms with Crippen LogP contribution in [-0.2, 0) is 0 Å². The summed E-state index contributed by atoms with van der Waals surface area (Å²) in [5.41, 5.74) is 0.250. The standard InChI is InChI=1S/C19H21N7OS/c27-16-8-17(26-5-4-20-11-26)21-9-15(16)19-22-10-18(24-25-19)28-14-6-12-2-1-3-13(7-14)23-12/h4-5,8-14,23H,1-3,6-7H2,(H,21,27). The first-order valence-corrected chi connectivity index (χ1v) is 10.5. The maximum Gasteiger partial charge on any atom is 0.194 e. The van der Waals surface area contributed by atoms with Crippen molar-refractivity contribution in [2.45, 2.75) is 54.5 Å². The van der Waals surface area contributed by atoms with Gasteiger partial charge in [0, 0.05) is 42.0 Å². The molecule has 0 radical (unpaired) electrons. The van der Waals surface area contributed by atoms with E-state index >= 15 is 0 Å². The fraction of sp³-hybridized carbons (Fsp3) is 0.421. The van der Waals surface area contributed by atoms with Gasteiger partial charge >= 0.3 is 0 Å². The monoisotopic (exact) mass is 395 g/mol. The molecular weight excluding hydrogens is 374 g/mol. The van der Waals surface area contributed by atoms with E-state index in [0.717, 1.165) is 5.03 Å². The molecule has 5 rings (SSSR count). The lowest BCUT2D eigenvalue weighted by molar-refractivity contribution is 0.249. The third kappa shape index (κ3) is 3.59. The van der Waals surface area contributed by atoms with Gasteiger partial charge in [-0.3, -0.25) is 9.36 Å². The second-order valence-electron chi connectivity index (χ2n) is 7.39. The molecule has 2 fully saturated rings. The molecule has 2 bridgehead atoms. The summed E-state index contributed by atoms with van der Waals surface area (Å²) in [7, 11) is 0. The van der Waals surface area contributed by atoms with E-state index in [1.54, 1.807) is 47.4 Å². The van der Waals surface area contributed by atoms with Crippen molar-refractivity contribution in [2.24, 2.45) is 0 Å². The molecule has 0 spiro atoms. The molecule has 0 amide bonds. The molecule has 0 aliphatic carbocycles. The van der Waals surface area contributed by atoms with Gasteiger partial charge in [0.25, 0.3) is 0 Å². The maximum atomic E-state index is 12.5. The van der Waals surface area contributed by atoms with Crippen LogP contribution in [0.25, 0.3) is 17.2 Å². The SMILES string of the molecule is O=c1cc(-n2ccnc2)[nH]cc1-c1ncc(SC2CC3CCCC(C2)N3)nn1. The maximum absolute atomic E-state index is 12.5. The summed E-state index contributed by atoms with van der Waals surface area (Å²) in [6.45, 7) is 0. The highest BCUT2D eigenvalue weighted by Crippen LogP contribution is 2.35. The zero-order valence-corrected chi connectivity index (χ0v) is 16.1. The Morgan fingerprint density at radius 1 is 1.18 bits per heavy atom. The van der Waals surface area contributed by atoms with Gasteiger partial charge in [-0.25, -0.2) is 9.97 Å². The summed E-state index contributed by atoms with van der Waals surface area (Å²) < 4.78 is 1.73. The Labute approximate surface area is 166 Å². The van der Waals surface area contributed by atoms with Gasteiger partial charge in [-0.05, 0) is 25.7 Å². The second-order valence-corrected chi connectivity index (χ2v) is 8.71. The molecule has 2 saturated heterocycles. The Morgan fingerprint density at radius 3 is 2.71 bits per heavy atom. The van der Waals surface area contributed by atoms with Gasteiger partial charge in [-0.15, -0.1) is 10.2 Å². The Balaban J connectivity index is 1.30. The lowest BCUT2D eigenvalue weighted by Gasteiger charge is -2.39. The fourth-order valence-electron chi connectivity index (χ4n) is 4.11. The number of piperidine rings is 2. The number of pyridine rings is 1. The van der Waals surface area contributed by atoms with Gasteiger partial charge in [0.15, 0.2) is 11.3 Å². The number of imidazole rings is 1. The van der Waals surface area contributed by atoms with Crippen molar-refractivity contribution in [3.8, 4) is 17.2 Å². The van der Waals surface area contributed by atoms with Crippen molar-refractivity contribution in [1.82, 2.24) is 35.0 Å². The van der Waals surface area contributed by atoms with Gasteiger partial charge in [0.1, 0.15) is 17.2 Å². The van der Waals surface area contributed by atoms with Crippen LogP contribution in [0, 0.1) is 0 Å². The second kappa shape index (κ2) is 7.48. The predicted molar refractivity (Wildman–Crippen MR) is 106 cm³/mol. The third-order valence-electron chi connectivity index (χ3n) is 5.42. The molecular formula is C19H21N7OS. The normalized spacial score (nSPS) is 24.2. The van der Waals surface area contributed by atoms with Gasteiger partial charge in [-0.2, -0.15) is 0 Å². The minimum absolute atomic E-state index is 0.157. The van der Waals surface area contributed by atoms with E-state index in [0.29, 0.717) is 34.5 Å². The van der Waals surface area contributed by atoms with Gasteiger partial charge in [0.05, 0.1) is 11.8 Å². The summed E-state index contributed by atoms with van der Waals surface area (Å²) >= 11 is 1.76. The lowest BCUT2D eigenvalue weighted by atomic mass is 9.87. The van der Waals surface area contributed by atoms with Crippen LogP contribution in [0.4, 0.5) is 0 Å². The minimum Gasteiger partial charge on any atom is -0.347 e. The predicted octanol–water partition coefficient (Wildman–Crippen LogP) is 2.18. The highest BCUT2D eigenvalue weighted by Gasteiger charge is 2.31. The van der Waals surface area contributed by atoms with Crippen LogP contribution in [0.2, 0.25) is 0 Å². The zero-order chi connectivity index (χ0) is 18.9. The molecule has 2 atom stereocenters. The summed E-state index contributed by atoms with van der Waals surface area (Å²) in [5.74, 6) is 0.979. The first-order chi connectivity index (χ1) is 13.7. The Kier molecular flexibility index (Phi) is 4.69. The Hall–Kier alpha value is -2.52. The highest BCUT2D eigenvalue weighted by molar-refractivity contribution is 7.99. The molecule has 8 nitrogen and oxygen atoms in total. The number of thioether (sulfide) groups is 1. The quantitative estimate of drug-likeness (QED) is 0.698. The Morgan fingerprint density at radius 2 is 2.04 bits per heavy atom. The van der Waals surface area contributed by atoms with Crippen molar-refractivity contribution >= 4 is 11.8 Å². The molecule has 0 aromatic carbocycles. The molecule has 0 saturated carbocycles. The number of H-pyrrole nitrogens is 1. The molecule has 5 heterocycles. The van der Waals surface area contributed by atoms with Crippen LogP contribution in [0.3, 0.4) is 0 Å². The largest absolute Gasteiger partial charge is 0.347 e. The minimum atomic E-state index is -0.157. The molecule has 9 heteroatoms. The summed E-state index contributed by atoms with van der Waals surface area (Å²) in [4.78, 5) is 23.9. The summed E-state index contributed by atoms with van der Waals surface area (Å²) in [6, 6.07) is 2.78. The number of nitrogens with one attached hydrogen (secondary N) is 2. The lowest BCUT2D eigenvalue weighted by Crippen LogP contribution is -2.49. The van der Waals surface area contributed by atoms with E-state index in [2.05, 4.69) is 30.5 Å². The molecule has 2 aliphatic rings. The van der Waals surface area contributed by atoms with E-state index in [-0.39, 0.29) is 5.43 Å². The molecule has 28 heavy (non-hydrogen) atoms. The van der Waals surface area contributed by atoms with Crippen LogP contribution < -0.4 is 10.7 Å². The number of aromatic nitrogens is 6. The molecule has 3 aromatic rings. The van der Waals surface area contributed by atoms with Crippen LogP contribution >= 0.6 is 11.8 Å². The van der Waals surface area contributed by atoms with Gasteiger partial charge < -0.3 is 10.3 Å². The van der Waals surface area contributed by atoms with Crippen LogP contribution in [0.5, 0.6) is 0 Å². The topological polar surface area (TPSA) is 101 Å². The molecule has 144 valence electrons. The zero-order valence-electron chi connectivity index (χ0n) is 15.3. The van der Waals surface area contributed by atoms with Crippen molar-refractivity contribution in [2.75, 3.05) is 0 Å². The van der Waals surface area contributed by atoms with E-state index in [4.69, 9.17) is 0 Å². The first kappa shape index (κ1) is 17.6. The van der Waals surface area contributed by atoms with Crippen molar-refractivity contribution in [1.29, 1.82) is 0 Å². The summed E-state index contributed by atoms with van der Waals surface area (Å²) in [5, 5.41) is 13.6. The van der Waals surface area contributed by atoms with Crippen molar-refractivity contribution < 1.29 is 0 Å². The number of hydrogen-bond acceptors (Lipinski definition) is 7. The number of nitrogens with zero attached hydrogens (tertiary/aromatic N) is 5. The molecule has 2 N–H and O–H groups in total. The highest BCUT2D eigenvalue weighted by atomic mass is 32.2. The van der Waals surface area contributed by atoms with E-state index < -0.39 is 0 Å². The molecule has 2 unspecified atom stereocenters. The average Bonchev–Trinajstić information content (AvgIpc) is 3.23. The molecule has 3 aromatic heterocycles. The fourth-order valence-corrected chi connectivity index (χ4v) is 5.31. The van der Waals surface area contributed by atoms with Crippen molar-refractivity contribution in [3.63, 3.8) is 0 Å². The number of hydrogen-bond donors (Lipinski definition) is 2. The molecule has 2 aliphatic heterocycles. The Bertz CT molecular complexity index is 990. The average molecular weight is 395 g/mol. The number of aromatic amines is 1.